The molecule has 5 nitrogen and oxygen atoms in total. The van der Waals surface area contributed by atoms with Crippen molar-refractivity contribution in [3.05, 3.63) is 30.3 Å². The maximum atomic E-state index is 6.03. The predicted molar refractivity (Wildman–Crippen MR) is 85.6 cm³/mol. The highest BCUT2D eigenvalue weighted by molar-refractivity contribution is 7.11. The van der Waals surface area contributed by atoms with E-state index in [4.69, 9.17) is 15.2 Å². The van der Waals surface area contributed by atoms with Crippen molar-refractivity contribution >= 4 is 22.4 Å². The minimum Gasteiger partial charge on any atom is -0.382 e. The zero-order valence-electron chi connectivity index (χ0n) is 12.0. The first-order valence-electron chi connectivity index (χ1n) is 6.91. The van der Waals surface area contributed by atoms with Crippen LogP contribution >= 0.6 is 11.5 Å². The molecule has 1 saturated heterocycles. The summed E-state index contributed by atoms with van der Waals surface area (Å²) in [7, 11) is 1.73. The summed E-state index contributed by atoms with van der Waals surface area (Å²) < 4.78 is 15.4. The van der Waals surface area contributed by atoms with Crippen LogP contribution in [0, 0.1) is 0 Å². The Morgan fingerprint density at radius 3 is 2.90 bits per heavy atom. The summed E-state index contributed by atoms with van der Waals surface area (Å²) in [6.45, 7) is 2.04. The average molecular weight is 305 g/mol. The molecule has 3 rings (SSSR count). The van der Waals surface area contributed by atoms with Crippen LogP contribution in [-0.2, 0) is 9.47 Å². The van der Waals surface area contributed by atoms with Crippen LogP contribution in [0.2, 0.25) is 0 Å². The number of nitrogen functional groups attached to an aromatic ring is 1. The van der Waals surface area contributed by atoms with Crippen LogP contribution in [0.25, 0.3) is 11.1 Å². The summed E-state index contributed by atoms with van der Waals surface area (Å²) in [5.41, 5.74) is 7.80. The summed E-state index contributed by atoms with van der Waals surface area (Å²) in [6, 6.07) is 10.1. The molecule has 1 aromatic heterocycles. The van der Waals surface area contributed by atoms with Crippen LogP contribution in [-0.4, -0.2) is 36.8 Å². The number of anilines is 2. The molecule has 0 radical (unpaired) electrons. The number of ether oxygens (including phenoxy) is 2. The van der Waals surface area contributed by atoms with E-state index >= 15 is 0 Å². The van der Waals surface area contributed by atoms with Crippen molar-refractivity contribution < 1.29 is 9.47 Å². The maximum absolute atomic E-state index is 6.03. The van der Waals surface area contributed by atoms with Crippen LogP contribution < -0.4 is 11.1 Å². The second kappa shape index (κ2) is 6.01. The van der Waals surface area contributed by atoms with Crippen molar-refractivity contribution in [2.45, 2.75) is 12.0 Å². The Morgan fingerprint density at radius 1 is 1.43 bits per heavy atom. The lowest BCUT2D eigenvalue weighted by atomic mass is 10.0. The van der Waals surface area contributed by atoms with Crippen LogP contribution in [0.1, 0.15) is 6.42 Å². The van der Waals surface area contributed by atoms with Gasteiger partial charge in [0, 0.05) is 26.7 Å². The average Bonchev–Trinajstić information content (AvgIpc) is 3.13. The summed E-state index contributed by atoms with van der Waals surface area (Å²) in [6.07, 6.45) is 0.894. The Kier molecular flexibility index (Phi) is 4.10. The zero-order chi connectivity index (χ0) is 14.7. The van der Waals surface area contributed by atoms with Gasteiger partial charge in [-0.2, -0.15) is 4.37 Å². The number of nitrogens with zero attached hydrogens (tertiary/aromatic N) is 1. The molecule has 1 fully saturated rings. The fraction of sp³-hybridized carbons (Fsp3) is 0.400. The maximum Gasteiger partial charge on any atom is 0.147 e. The number of nitrogens with one attached hydrogen (secondary N) is 1. The minimum atomic E-state index is -0.257. The Hall–Kier alpha value is -1.63. The molecule has 1 aliphatic heterocycles. The lowest BCUT2D eigenvalue weighted by Crippen LogP contribution is -2.39. The lowest BCUT2D eigenvalue weighted by Gasteiger charge is -2.26. The monoisotopic (exact) mass is 305 g/mol. The van der Waals surface area contributed by atoms with Crippen LogP contribution in [0.15, 0.2) is 30.3 Å². The third-order valence-electron chi connectivity index (χ3n) is 3.85. The first-order valence-corrected chi connectivity index (χ1v) is 7.69. The molecule has 3 N–H and O–H groups in total. The molecule has 1 aromatic carbocycles. The standard InChI is InChI=1S/C15H19N3O2S/c1-19-15(7-8-20-10-15)9-17-14-12(13(16)18-21-14)11-5-3-2-4-6-11/h2-6,17H,7-10H2,1H3,(H2,16,18). The van der Waals surface area contributed by atoms with Gasteiger partial charge in [0.05, 0.1) is 12.2 Å². The summed E-state index contributed by atoms with van der Waals surface area (Å²) >= 11 is 1.38. The van der Waals surface area contributed by atoms with Crippen molar-refractivity contribution in [3.63, 3.8) is 0 Å². The normalized spacial score (nSPS) is 21.6. The first-order chi connectivity index (χ1) is 10.2. The van der Waals surface area contributed by atoms with Gasteiger partial charge in [-0.15, -0.1) is 0 Å². The Balaban J connectivity index is 1.81. The highest BCUT2D eigenvalue weighted by atomic mass is 32.1. The molecule has 0 spiro atoms. The molecule has 0 amide bonds. The van der Waals surface area contributed by atoms with Crippen LogP contribution in [0.3, 0.4) is 0 Å². The van der Waals surface area contributed by atoms with E-state index in [-0.39, 0.29) is 5.60 Å². The molecule has 0 saturated carbocycles. The summed E-state index contributed by atoms with van der Waals surface area (Å²) in [5.74, 6) is 0.558. The zero-order valence-corrected chi connectivity index (χ0v) is 12.8. The van der Waals surface area contributed by atoms with Gasteiger partial charge in [0.1, 0.15) is 16.4 Å². The van der Waals surface area contributed by atoms with Gasteiger partial charge in [0.15, 0.2) is 0 Å². The van der Waals surface area contributed by atoms with Gasteiger partial charge in [-0.05, 0) is 17.1 Å². The van der Waals surface area contributed by atoms with Crippen molar-refractivity contribution in [3.8, 4) is 11.1 Å². The molecular weight excluding hydrogens is 286 g/mol. The van der Waals surface area contributed by atoms with Crippen LogP contribution in [0.5, 0.6) is 0 Å². The lowest BCUT2D eigenvalue weighted by molar-refractivity contribution is -0.00614. The van der Waals surface area contributed by atoms with Crippen molar-refractivity contribution in [1.29, 1.82) is 0 Å². The third-order valence-corrected chi connectivity index (χ3v) is 4.67. The molecule has 112 valence electrons. The van der Waals surface area contributed by atoms with Gasteiger partial charge in [-0.25, -0.2) is 0 Å². The number of benzene rings is 1. The molecule has 0 aliphatic carbocycles. The highest BCUT2D eigenvalue weighted by Gasteiger charge is 2.35. The van der Waals surface area contributed by atoms with Crippen molar-refractivity contribution in [1.82, 2.24) is 4.37 Å². The first kappa shape index (κ1) is 14.3. The molecule has 1 aliphatic rings. The molecule has 2 heterocycles. The van der Waals surface area contributed by atoms with E-state index < -0.39 is 0 Å². The molecule has 1 unspecified atom stereocenters. The fourth-order valence-corrected chi connectivity index (χ4v) is 3.24. The number of hydrogen-bond acceptors (Lipinski definition) is 6. The largest absolute Gasteiger partial charge is 0.382 e. The molecular formula is C15H19N3O2S. The number of rotatable bonds is 5. The highest BCUT2D eigenvalue weighted by Crippen LogP contribution is 2.37. The summed E-state index contributed by atoms with van der Waals surface area (Å²) in [5, 5.41) is 4.41. The van der Waals surface area contributed by atoms with Gasteiger partial charge in [0.2, 0.25) is 0 Å². The van der Waals surface area contributed by atoms with E-state index in [0.717, 1.165) is 29.2 Å². The van der Waals surface area contributed by atoms with E-state index in [9.17, 15) is 0 Å². The SMILES string of the molecule is COC1(CNc2snc(N)c2-c2ccccc2)CCOC1. The molecule has 0 bridgehead atoms. The predicted octanol–water partition coefficient (Wildman–Crippen LogP) is 2.61. The van der Waals surface area contributed by atoms with Gasteiger partial charge < -0.3 is 20.5 Å². The molecule has 2 aromatic rings. The molecule has 6 heteroatoms. The van der Waals surface area contributed by atoms with E-state index in [2.05, 4.69) is 9.69 Å². The van der Waals surface area contributed by atoms with Crippen molar-refractivity contribution in [2.24, 2.45) is 0 Å². The second-order valence-electron chi connectivity index (χ2n) is 5.18. The quantitative estimate of drug-likeness (QED) is 0.888. The third kappa shape index (κ3) is 2.88. The Labute approximate surface area is 128 Å². The van der Waals surface area contributed by atoms with Crippen LogP contribution in [0.4, 0.5) is 10.8 Å². The van der Waals surface area contributed by atoms with Gasteiger partial charge in [0.25, 0.3) is 0 Å². The smallest absolute Gasteiger partial charge is 0.147 e. The fourth-order valence-electron chi connectivity index (χ4n) is 2.51. The minimum absolute atomic E-state index is 0.257. The number of nitrogens with two attached hydrogens (primary N) is 1. The van der Waals surface area contributed by atoms with E-state index in [1.165, 1.54) is 11.5 Å². The Bertz CT molecular complexity index is 594. The number of hydrogen-bond donors (Lipinski definition) is 2. The van der Waals surface area contributed by atoms with E-state index in [1.807, 2.05) is 30.3 Å². The summed E-state index contributed by atoms with van der Waals surface area (Å²) in [4.78, 5) is 0. The topological polar surface area (TPSA) is 69.4 Å². The van der Waals surface area contributed by atoms with Gasteiger partial charge in [-0.1, -0.05) is 30.3 Å². The van der Waals surface area contributed by atoms with E-state index in [1.54, 1.807) is 7.11 Å². The van der Waals surface area contributed by atoms with Gasteiger partial charge in [-0.3, -0.25) is 0 Å². The van der Waals surface area contributed by atoms with Crippen molar-refractivity contribution in [2.75, 3.05) is 37.9 Å². The molecule has 1 atom stereocenters. The number of aromatic nitrogens is 1. The Morgan fingerprint density at radius 2 is 2.24 bits per heavy atom. The van der Waals surface area contributed by atoms with E-state index in [0.29, 0.717) is 19.0 Å². The number of methoxy groups -OCH3 is 1. The van der Waals surface area contributed by atoms with Gasteiger partial charge >= 0.3 is 0 Å². The molecule has 21 heavy (non-hydrogen) atoms. The second-order valence-corrected chi connectivity index (χ2v) is 5.95.